The highest BCUT2D eigenvalue weighted by molar-refractivity contribution is 5.53. The molecule has 1 unspecified atom stereocenters. The second-order valence-electron chi connectivity index (χ2n) is 4.98. The van der Waals surface area contributed by atoms with E-state index in [1.165, 1.54) is 12.1 Å². The first-order valence-electron chi connectivity index (χ1n) is 5.88. The number of nitro benzene ring substituents is 1. The van der Waals surface area contributed by atoms with E-state index in [1.54, 1.807) is 0 Å². The van der Waals surface area contributed by atoms with E-state index in [0.717, 1.165) is 18.9 Å². The molecule has 0 saturated heterocycles. The van der Waals surface area contributed by atoms with Gasteiger partial charge in [-0.15, -0.1) is 0 Å². The Kier molecular flexibility index (Phi) is 3.21. The van der Waals surface area contributed by atoms with Gasteiger partial charge in [-0.1, -0.05) is 0 Å². The second kappa shape index (κ2) is 4.53. The Morgan fingerprint density at radius 2 is 2.22 bits per heavy atom. The number of halogens is 1. The molecule has 0 heterocycles. The monoisotopic (exact) mass is 253 g/mol. The Hall–Kier alpha value is -1.69. The van der Waals surface area contributed by atoms with Gasteiger partial charge in [0.2, 0.25) is 0 Å². The van der Waals surface area contributed by atoms with E-state index in [1.807, 2.05) is 6.92 Å². The number of anilines is 1. The lowest BCUT2D eigenvalue weighted by atomic mass is 9.95. The molecule has 0 aliphatic heterocycles. The smallest absolute Gasteiger partial charge is 0.274 e. The van der Waals surface area contributed by atoms with Crippen molar-refractivity contribution in [2.45, 2.75) is 25.3 Å². The van der Waals surface area contributed by atoms with E-state index in [0.29, 0.717) is 18.2 Å². The van der Waals surface area contributed by atoms with Crippen LogP contribution >= 0.6 is 0 Å². The largest absolute Gasteiger partial charge is 0.378 e. The summed E-state index contributed by atoms with van der Waals surface area (Å²) in [7, 11) is 0. The van der Waals surface area contributed by atoms with E-state index < -0.39 is 10.7 Å². The highest BCUT2D eigenvalue weighted by Crippen LogP contribution is 2.41. The molecule has 6 heteroatoms. The van der Waals surface area contributed by atoms with Crippen molar-refractivity contribution >= 4 is 11.4 Å². The van der Waals surface area contributed by atoms with Crippen LogP contribution in [0.25, 0.3) is 0 Å². The van der Waals surface area contributed by atoms with Gasteiger partial charge in [-0.2, -0.15) is 0 Å². The lowest BCUT2D eigenvalue weighted by molar-refractivity contribution is -0.385. The van der Waals surface area contributed by atoms with Crippen molar-refractivity contribution in [3.8, 4) is 0 Å². The van der Waals surface area contributed by atoms with Crippen LogP contribution in [0, 0.1) is 21.8 Å². The van der Waals surface area contributed by atoms with Crippen LogP contribution in [0.15, 0.2) is 18.2 Å². The standard InChI is InChI=1S/C12H16FN3O2/c1-12(7-14,8-2-3-8)15-10-4-9(13)5-11(6-10)16(17)18/h4-6,8,15H,2-3,7,14H2,1H3. The lowest BCUT2D eigenvalue weighted by Gasteiger charge is -2.30. The topological polar surface area (TPSA) is 81.2 Å². The Labute approximate surface area is 104 Å². The number of rotatable bonds is 5. The zero-order valence-corrected chi connectivity index (χ0v) is 10.1. The third-order valence-electron chi connectivity index (χ3n) is 3.43. The first-order chi connectivity index (χ1) is 8.44. The fourth-order valence-corrected chi connectivity index (χ4v) is 2.12. The summed E-state index contributed by atoms with van der Waals surface area (Å²) in [6.07, 6.45) is 2.16. The van der Waals surface area contributed by atoms with E-state index in [-0.39, 0.29) is 11.2 Å². The summed E-state index contributed by atoms with van der Waals surface area (Å²) in [6.45, 7) is 2.36. The van der Waals surface area contributed by atoms with Gasteiger partial charge in [0.1, 0.15) is 5.82 Å². The second-order valence-corrected chi connectivity index (χ2v) is 4.98. The summed E-state index contributed by atoms with van der Waals surface area (Å²) < 4.78 is 13.3. The Morgan fingerprint density at radius 3 is 2.72 bits per heavy atom. The maximum Gasteiger partial charge on any atom is 0.274 e. The van der Waals surface area contributed by atoms with Gasteiger partial charge in [0.05, 0.1) is 11.0 Å². The van der Waals surface area contributed by atoms with Gasteiger partial charge in [-0.3, -0.25) is 10.1 Å². The van der Waals surface area contributed by atoms with Crippen LogP contribution in [0.5, 0.6) is 0 Å². The summed E-state index contributed by atoms with van der Waals surface area (Å²) in [5.41, 5.74) is 5.56. The Morgan fingerprint density at radius 1 is 1.56 bits per heavy atom. The first kappa shape index (κ1) is 12.8. The highest BCUT2D eigenvalue weighted by Gasteiger charge is 2.40. The number of hydrogen-bond acceptors (Lipinski definition) is 4. The molecule has 1 aromatic rings. The minimum Gasteiger partial charge on any atom is -0.378 e. The third-order valence-corrected chi connectivity index (χ3v) is 3.43. The fraction of sp³-hybridized carbons (Fsp3) is 0.500. The molecular formula is C12H16FN3O2. The molecule has 18 heavy (non-hydrogen) atoms. The van der Waals surface area contributed by atoms with Gasteiger partial charge in [-0.05, 0) is 31.7 Å². The van der Waals surface area contributed by atoms with Crippen molar-refractivity contribution in [1.82, 2.24) is 0 Å². The average molecular weight is 253 g/mol. The SMILES string of the molecule is CC(CN)(Nc1cc(F)cc([N+](=O)[O-])c1)C1CC1. The molecule has 0 amide bonds. The number of nitrogens with zero attached hydrogens (tertiary/aromatic N) is 1. The van der Waals surface area contributed by atoms with Crippen molar-refractivity contribution in [3.05, 3.63) is 34.1 Å². The summed E-state index contributed by atoms with van der Waals surface area (Å²) in [4.78, 5) is 10.1. The molecule has 0 bridgehead atoms. The zero-order valence-electron chi connectivity index (χ0n) is 10.1. The Bertz CT molecular complexity index is 476. The normalized spacial score (nSPS) is 18.2. The molecule has 3 N–H and O–H groups in total. The van der Waals surface area contributed by atoms with Gasteiger partial charge in [0.15, 0.2) is 0 Å². The van der Waals surface area contributed by atoms with Crippen molar-refractivity contribution in [2.24, 2.45) is 11.7 Å². The summed E-state index contributed by atoms with van der Waals surface area (Å²) in [6, 6.07) is 3.49. The summed E-state index contributed by atoms with van der Waals surface area (Å²) >= 11 is 0. The van der Waals surface area contributed by atoms with Crippen molar-refractivity contribution < 1.29 is 9.31 Å². The molecule has 1 aliphatic rings. The van der Waals surface area contributed by atoms with Crippen LogP contribution in [0.4, 0.5) is 15.8 Å². The minimum atomic E-state index is -0.623. The molecule has 1 aromatic carbocycles. The van der Waals surface area contributed by atoms with Crippen LogP contribution in [-0.2, 0) is 0 Å². The highest BCUT2D eigenvalue weighted by atomic mass is 19.1. The van der Waals surface area contributed by atoms with Gasteiger partial charge >= 0.3 is 0 Å². The Balaban J connectivity index is 2.25. The molecule has 1 saturated carbocycles. The van der Waals surface area contributed by atoms with Gasteiger partial charge in [0, 0.05) is 23.8 Å². The molecule has 0 radical (unpaired) electrons. The van der Waals surface area contributed by atoms with Crippen LogP contribution in [-0.4, -0.2) is 17.0 Å². The van der Waals surface area contributed by atoms with E-state index >= 15 is 0 Å². The predicted molar refractivity (Wildman–Crippen MR) is 66.9 cm³/mol. The zero-order chi connectivity index (χ0) is 13.3. The number of nitro groups is 1. The minimum absolute atomic E-state index is 0.257. The molecule has 2 rings (SSSR count). The van der Waals surface area contributed by atoms with Gasteiger partial charge in [-0.25, -0.2) is 4.39 Å². The molecule has 98 valence electrons. The molecule has 1 atom stereocenters. The van der Waals surface area contributed by atoms with Crippen LogP contribution in [0.3, 0.4) is 0 Å². The molecule has 1 fully saturated rings. The quantitative estimate of drug-likeness (QED) is 0.623. The first-order valence-corrected chi connectivity index (χ1v) is 5.88. The molecule has 0 aromatic heterocycles. The van der Waals surface area contributed by atoms with Crippen molar-refractivity contribution in [1.29, 1.82) is 0 Å². The van der Waals surface area contributed by atoms with Gasteiger partial charge in [0.25, 0.3) is 5.69 Å². The maximum atomic E-state index is 13.3. The number of hydrogen-bond donors (Lipinski definition) is 2. The fourth-order valence-electron chi connectivity index (χ4n) is 2.12. The molecule has 1 aliphatic carbocycles. The maximum absolute atomic E-state index is 13.3. The van der Waals surface area contributed by atoms with Crippen molar-refractivity contribution in [3.63, 3.8) is 0 Å². The van der Waals surface area contributed by atoms with Crippen LogP contribution in [0.1, 0.15) is 19.8 Å². The summed E-state index contributed by atoms with van der Waals surface area (Å²) in [5, 5.41) is 13.8. The predicted octanol–water partition coefficient (Wildman–Crippen LogP) is 2.27. The molecule has 5 nitrogen and oxygen atoms in total. The number of non-ortho nitro benzene ring substituents is 1. The van der Waals surface area contributed by atoms with Crippen LogP contribution in [0.2, 0.25) is 0 Å². The summed E-state index contributed by atoms with van der Waals surface area (Å²) in [5.74, 6) is -0.174. The number of nitrogens with one attached hydrogen (secondary N) is 1. The van der Waals surface area contributed by atoms with E-state index in [9.17, 15) is 14.5 Å². The molecule has 0 spiro atoms. The van der Waals surface area contributed by atoms with Crippen molar-refractivity contribution in [2.75, 3.05) is 11.9 Å². The molecular weight excluding hydrogens is 237 g/mol. The van der Waals surface area contributed by atoms with E-state index in [4.69, 9.17) is 5.73 Å². The third kappa shape index (κ3) is 2.59. The van der Waals surface area contributed by atoms with E-state index in [2.05, 4.69) is 5.32 Å². The number of nitrogens with two attached hydrogens (primary N) is 1. The van der Waals surface area contributed by atoms with Gasteiger partial charge < -0.3 is 11.1 Å². The van der Waals surface area contributed by atoms with Crippen LogP contribution < -0.4 is 11.1 Å². The average Bonchev–Trinajstić information content (AvgIpc) is 3.12. The number of benzene rings is 1. The lowest BCUT2D eigenvalue weighted by Crippen LogP contribution is -2.44.